The third-order valence-corrected chi connectivity index (χ3v) is 10.6. The van der Waals surface area contributed by atoms with E-state index >= 15 is 0 Å². The third-order valence-electron chi connectivity index (χ3n) is 10.0. The topological polar surface area (TPSA) is 93.2 Å². The first-order chi connectivity index (χ1) is 22.4. The van der Waals surface area contributed by atoms with Gasteiger partial charge in [0.15, 0.2) is 0 Å². The number of aromatic nitrogens is 4. The first kappa shape index (κ1) is 30.6. The fourth-order valence-corrected chi connectivity index (χ4v) is 7.69. The van der Waals surface area contributed by atoms with Crippen LogP contribution in [0.2, 0.25) is 0 Å². The summed E-state index contributed by atoms with van der Waals surface area (Å²) in [5.41, 5.74) is 12.7. The smallest absolute Gasteiger partial charge is 0.225 e. The summed E-state index contributed by atoms with van der Waals surface area (Å²) in [6.45, 7) is 7.11. The number of carbonyl (C=O) groups is 1. The molecule has 1 unspecified atom stereocenters. The molecule has 8 nitrogen and oxygen atoms in total. The number of halogens is 1. The number of alkyl halides is 1. The van der Waals surface area contributed by atoms with Gasteiger partial charge in [-0.3, -0.25) is 14.7 Å². The minimum Gasteiger partial charge on any atom is -0.368 e. The van der Waals surface area contributed by atoms with Crippen molar-refractivity contribution in [2.45, 2.75) is 57.0 Å². The minimum atomic E-state index is 0.0288. The van der Waals surface area contributed by atoms with E-state index in [1.54, 1.807) is 12.4 Å². The minimum absolute atomic E-state index is 0.0288. The summed E-state index contributed by atoms with van der Waals surface area (Å²) < 4.78 is 2.45. The Kier molecular flexibility index (Phi) is 8.91. The summed E-state index contributed by atoms with van der Waals surface area (Å²) >= 11 is 6.50. The fourth-order valence-electron chi connectivity index (χ4n) is 7.54. The van der Waals surface area contributed by atoms with Gasteiger partial charge in [0.1, 0.15) is 0 Å². The molecule has 3 aromatic heterocycles. The van der Waals surface area contributed by atoms with Crippen molar-refractivity contribution in [3.05, 3.63) is 96.0 Å². The molecule has 1 aliphatic carbocycles. The van der Waals surface area contributed by atoms with Gasteiger partial charge in [-0.1, -0.05) is 49.4 Å². The molecule has 9 heteroatoms. The number of benzene rings is 1. The van der Waals surface area contributed by atoms with Crippen LogP contribution in [-0.2, 0) is 17.9 Å². The van der Waals surface area contributed by atoms with Crippen LogP contribution in [0.15, 0.2) is 84.9 Å². The molecule has 2 atom stereocenters. The highest BCUT2D eigenvalue weighted by molar-refractivity contribution is 6.22. The number of likely N-dealkylation sites (tertiary alicyclic amines) is 2. The van der Waals surface area contributed by atoms with Crippen molar-refractivity contribution < 1.29 is 4.79 Å². The first-order valence-electron chi connectivity index (χ1n) is 16.6. The molecule has 4 aromatic rings. The highest BCUT2D eigenvalue weighted by Crippen LogP contribution is 2.43. The molecule has 2 saturated heterocycles. The van der Waals surface area contributed by atoms with Crippen LogP contribution in [0.5, 0.6) is 0 Å². The van der Waals surface area contributed by atoms with Crippen LogP contribution in [0.4, 0.5) is 5.95 Å². The molecule has 0 bridgehead atoms. The third kappa shape index (κ3) is 6.33. The van der Waals surface area contributed by atoms with Crippen molar-refractivity contribution in [2.75, 3.05) is 31.9 Å². The molecule has 0 spiro atoms. The van der Waals surface area contributed by atoms with Gasteiger partial charge in [-0.25, -0.2) is 9.97 Å². The number of nitrogens with zero attached hydrogens (tertiary/aromatic N) is 6. The maximum absolute atomic E-state index is 13.7. The van der Waals surface area contributed by atoms with Gasteiger partial charge in [-0.2, -0.15) is 0 Å². The Balaban J connectivity index is 1.08. The average Bonchev–Trinajstić information content (AvgIpc) is 3.41. The lowest BCUT2D eigenvalue weighted by molar-refractivity contribution is -0.138. The highest BCUT2D eigenvalue weighted by atomic mass is 35.5. The Labute approximate surface area is 276 Å². The van der Waals surface area contributed by atoms with E-state index in [0.717, 1.165) is 76.2 Å². The number of carbonyl (C=O) groups excluding carboxylic acids is 1. The number of hydrogen-bond donors (Lipinski definition) is 1. The van der Waals surface area contributed by atoms with Gasteiger partial charge in [0.2, 0.25) is 11.9 Å². The maximum atomic E-state index is 13.7. The van der Waals surface area contributed by atoms with Gasteiger partial charge in [0.05, 0.1) is 16.8 Å². The van der Waals surface area contributed by atoms with Crippen molar-refractivity contribution >= 4 is 34.4 Å². The number of hydrogen-bond acceptors (Lipinski definition) is 6. The van der Waals surface area contributed by atoms with E-state index in [0.29, 0.717) is 17.8 Å². The number of nitrogen functional groups attached to an aromatic ring is 1. The molecule has 1 amide bonds. The molecule has 2 fully saturated rings. The molecular weight excluding hydrogens is 594 g/mol. The lowest BCUT2D eigenvalue weighted by Gasteiger charge is -2.37. The summed E-state index contributed by atoms with van der Waals surface area (Å²) in [6.07, 6.45) is 15.7. The van der Waals surface area contributed by atoms with E-state index in [4.69, 9.17) is 22.3 Å². The van der Waals surface area contributed by atoms with Crippen LogP contribution >= 0.6 is 11.6 Å². The molecule has 0 radical (unpaired) electrons. The van der Waals surface area contributed by atoms with Crippen LogP contribution in [0, 0.1) is 11.8 Å². The second kappa shape index (κ2) is 13.4. The molecule has 3 aliphatic rings. The number of rotatable bonds is 7. The molecule has 46 heavy (non-hydrogen) atoms. The number of pyridine rings is 1. The molecule has 2 aliphatic heterocycles. The molecule has 7 rings (SSSR count). The monoisotopic (exact) mass is 635 g/mol. The normalized spacial score (nSPS) is 21.5. The highest BCUT2D eigenvalue weighted by Gasteiger charge is 2.34. The number of anilines is 1. The molecule has 0 saturated carbocycles. The quantitative estimate of drug-likeness (QED) is 0.235. The van der Waals surface area contributed by atoms with Crippen LogP contribution < -0.4 is 5.73 Å². The van der Waals surface area contributed by atoms with Crippen molar-refractivity contribution in [2.24, 2.45) is 11.8 Å². The van der Waals surface area contributed by atoms with Gasteiger partial charge in [-0.05, 0) is 79.9 Å². The SMILES string of the molecule is C[C@H]1C=C(Cn2c(-c3ccccn3)c(C3CCN(C(=O)C4CCN(Cc5cnc(N)nc5)CC4)CC3)c3ccccc32)C=CC1Cl. The van der Waals surface area contributed by atoms with Crippen molar-refractivity contribution in [1.82, 2.24) is 29.3 Å². The predicted octanol–water partition coefficient (Wildman–Crippen LogP) is 6.43. The van der Waals surface area contributed by atoms with E-state index < -0.39 is 0 Å². The first-order valence-corrected chi connectivity index (χ1v) is 17.0. The number of allylic oxidation sites excluding steroid dienone is 4. The summed E-state index contributed by atoms with van der Waals surface area (Å²) in [7, 11) is 0. The molecule has 5 heterocycles. The van der Waals surface area contributed by atoms with Crippen molar-refractivity contribution in [3.63, 3.8) is 0 Å². The lowest BCUT2D eigenvalue weighted by Crippen LogP contribution is -2.45. The van der Waals surface area contributed by atoms with Gasteiger partial charge < -0.3 is 15.2 Å². The Bertz CT molecular complexity index is 1730. The Morgan fingerprint density at radius 1 is 0.935 bits per heavy atom. The van der Waals surface area contributed by atoms with E-state index in [1.165, 1.54) is 27.7 Å². The zero-order valence-corrected chi connectivity index (χ0v) is 27.2. The van der Waals surface area contributed by atoms with E-state index in [1.807, 2.05) is 12.3 Å². The van der Waals surface area contributed by atoms with Crippen LogP contribution in [0.25, 0.3) is 22.3 Å². The number of piperidine rings is 2. The Morgan fingerprint density at radius 2 is 1.67 bits per heavy atom. The number of para-hydroxylation sites is 1. The Morgan fingerprint density at radius 3 is 2.39 bits per heavy atom. The lowest BCUT2D eigenvalue weighted by atomic mass is 9.85. The summed E-state index contributed by atoms with van der Waals surface area (Å²) in [5, 5.41) is 1.32. The van der Waals surface area contributed by atoms with Crippen molar-refractivity contribution in [1.29, 1.82) is 0 Å². The average molecular weight is 636 g/mol. The van der Waals surface area contributed by atoms with Crippen LogP contribution in [0.3, 0.4) is 0 Å². The molecule has 238 valence electrons. The summed E-state index contributed by atoms with van der Waals surface area (Å²) in [4.78, 5) is 31.3. The van der Waals surface area contributed by atoms with E-state index in [2.05, 4.69) is 85.9 Å². The molecule has 2 N–H and O–H groups in total. The van der Waals surface area contributed by atoms with Crippen LogP contribution in [0.1, 0.15) is 49.7 Å². The van der Waals surface area contributed by atoms with Gasteiger partial charge >= 0.3 is 0 Å². The maximum Gasteiger partial charge on any atom is 0.225 e. The number of fused-ring (bicyclic) bond motifs is 1. The summed E-state index contributed by atoms with van der Waals surface area (Å²) in [5.74, 6) is 1.34. The zero-order chi connectivity index (χ0) is 31.6. The van der Waals surface area contributed by atoms with Gasteiger partial charge in [0, 0.05) is 67.2 Å². The zero-order valence-electron chi connectivity index (χ0n) is 26.4. The summed E-state index contributed by atoms with van der Waals surface area (Å²) in [6, 6.07) is 14.9. The second-order valence-electron chi connectivity index (χ2n) is 13.1. The standard InChI is InChI=1S/C37H42ClN7O/c1-25-20-26(9-10-31(25)38)24-45-33-8-3-2-6-30(33)34(35(45)32-7-4-5-15-40-32)28-13-18-44(19-14-28)36(46)29-11-16-43(17-12-29)23-27-21-41-37(39)42-22-27/h2-10,15,20-22,25,28-29,31H,11-14,16-19,23-24H2,1H3,(H2,39,41,42)/t25-,31?/m0/s1. The fraction of sp³-hybridized carbons (Fsp3) is 0.405. The van der Waals surface area contributed by atoms with Gasteiger partial charge in [0.25, 0.3) is 0 Å². The molecule has 1 aromatic carbocycles. The van der Waals surface area contributed by atoms with Crippen LogP contribution in [-0.4, -0.2) is 66.8 Å². The molecular formula is C37H42ClN7O. The predicted molar refractivity (Wildman–Crippen MR) is 184 cm³/mol. The number of amides is 1. The largest absolute Gasteiger partial charge is 0.368 e. The van der Waals surface area contributed by atoms with E-state index in [9.17, 15) is 4.79 Å². The Hall–Kier alpha value is -4.01. The second-order valence-corrected chi connectivity index (χ2v) is 13.6. The van der Waals surface area contributed by atoms with Gasteiger partial charge in [-0.15, -0.1) is 11.6 Å². The van der Waals surface area contributed by atoms with E-state index in [-0.39, 0.29) is 17.2 Å². The van der Waals surface area contributed by atoms with Crippen molar-refractivity contribution in [3.8, 4) is 11.4 Å². The number of nitrogens with two attached hydrogens (primary N) is 1.